The van der Waals surface area contributed by atoms with Crippen LogP contribution in [-0.4, -0.2) is 20.1 Å². The monoisotopic (exact) mass is 370 g/mol. The van der Waals surface area contributed by atoms with E-state index < -0.39 is 27.1 Å². The second-order valence-corrected chi connectivity index (χ2v) is 8.95. The van der Waals surface area contributed by atoms with Crippen molar-refractivity contribution in [2.45, 2.75) is 44.4 Å². The number of aryl methyl sites for hydroxylation is 2. The Morgan fingerprint density at radius 3 is 2.40 bits per heavy atom. The molecule has 1 N–H and O–H groups in total. The van der Waals surface area contributed by atoms with Crippen molar-refractivity contribution in [3.63, 3.8) is 0 Å². The minimum atomic E-state index is -3.85. The number of nitrogens with one attached hydrogen (secondary N) is 1. The highest BCUT2D eigenvalue weighted by Crippen LogP contribution is 2.64. The summed E-state index contributed by atoms with van der Waals surface area (Å²) in [4.78, 5) is 0.000634. The van der Waals surface area contributed by atoms with Crippen molar-refractivity contribution >= 4 is 10.0 Å². The van der Waals surface area contributed by atoms with Gasteiger partial charge in [-0.15, -0.1) is 0 Å². The van der Waals surface area contributed by atoms with Gasteiger partial charge >= 0.3 is 0 Å². The van der Waals surface area contributed by atoms with E-state index in [0.717, 1.165) is 6.07 Å². The zero-order chi connectivity index (χ0) is 18.6. The maximum absolute atomic E-state index is 14.3. The molecule has 1 aliphatic rings. The van der Waals surface area contributed by atoms with E-state index in [1.807, 2.05) is 13.8 Å². The van der Waals surface area contributed by atoms with Crippen molar-refractivity contribution < 1.29 is 21.7 Å². The molecule has 25 heavy (non-hydrogen) atoms. The highest BCUT2D eigenvalue weighted by molar-refractivity contribution is 7.89. The Morgan fingerprint density at radius 2 is 1.92 bits per heavy atom. The fraction of sp³-hybridized carbons (Fsp3) is 0.471. The first-order chi connectivity index (χ1) is 11.5. The number of aromatic nitrogens is 1. The van der Waals surface area contributed by atoms with Gasteiger partial charge < -0.3 is 4.52 Å². The number of rotatable bonds is 5. The van der Waals surface area contributed by atoms with Crippen molar-refractivity contribution in [3.8, 4) is 0 Å². The lowest BCUT2D eigenvalue weighted by atomic mass is 9.87. The van der Waals surface area contributed by atoms with Crippen LogP contribution in [0.4, 0.5) is 8.78 Å². The van der Waals surface area contributed by atoms with Crippen LogP contribution in [0.5, 0.6) is 0 Å². The molecule has 1 unspecified atom stereocenters. The number of hydrogen-bond donors (Lipinski definition) is 1. The van der Waals surface area contributed by atoms with Gasteiger partial charge in [-0.25, -0.2) is 21.9 Å². The topological polar surface area (TPSA) is 72.2 Å². The molecule has 1 aliphatic carbocycles. The third kappa shape index (κ3) is 2.87. The van der Waals surface area contributed by atoms with E-state index in [2.05, 4.69) is 9.88 Å². The zero-order valence-corrected chi connectivity index (χ0v) is 15.3. The summed E-state index contributed by atoms with van der Waals surface area (Å²) in [6.45, 7) is 6.93. The summed E-state index contributed by atoms with van der Waals surface area (Å²) in [6, 6.07) is 3.41. The van der Waals surface area contributed by atoms with E-state index in [4.69, 9.17) is 4.52 Å². The van der Waals surface area contributed by atoms with Crippen LogP contribution >= 0.6 is 0 Å². The van der Waals surface area contributed by atoms with Crippen LogP contribution in [0.1, 0.15) is 37.3 Å². The summed E-state index contributed by atoms with van der Waals surface area (Å²) in [7, 11) is -3.85. The van der Waals surface area contributed by atoms with E-state index >= 15 is 0 Å². The fourth-order valence-electron chi connectivity index (χ4n) is 3.59. The van der Waals surface area contributed by atoms with E-state index in [1.54, 1.807) is 6.92 Å². The molecule has 1 saturated carbocycles. The van der Waals surface area contributed by atoms with E-state index in [-0.39, 0.29) is 28.3 Å². The highest BCUT2D eigenvalue weighted by Gasteiger charge is 2.63. The van der Waals surface area contributed by atoms with Crippen LogP contribution in [0, 0.1) is 30.9 Å². The van der Waals surface area contributed by atoms with Gasteiger partial charge in [0.25, 0.3) is 0 Å². The molecule has 0 saturated heterocycles. The quantitative estimate of drug-likeness (QED) is 0.877. The van der Waals surface area contributed by atoms with Crippen LogP contribution in [0.25, 0.3) is 0 Å². The van der Waals surface area contributed by atoms with Crippen LogP contribution in [0.2, 0.25) is 0 Å². The Kier molecular flexibility index (Phi) is 4.04. The molecule has 5 nitrogen and oxygen atoms in total. The summed E-state index contributed by atoms with van der Waals surface area (Å²) >= 11 is 0. The molecule has 1 atom stereocenters. The van der Waals surface area contributed by atoms with Gasteiger partial charge in [-0.2, -0.15) is 0 Å². The van der Waals surface area contributed by atoms with Crippen molar-refractivity contribution in [2.75, 3.05) is 6.54 Å². The van der Waals surface area contributed by atoms with E-state index in [9.17, 15) is 17.2 Å². The number of sulfonamides is 1. The molecule has 1 fully saturated rings. The molecule has 0 spiro atoms. The smallest absolute Gasteiger partial charge is 0.245 e. The summed E-state index contributed by atoms with van der Waals surface area (Å²) in [5.41, 5.74) is -0.452. The molecule has 3 rings (SSSR count). The van der Waals surface area contributed by atoms with E-state index in [1.165, 1.54) is 19.1 Å². The molecule has 0 amide bonds. The predicted molar refractivity (Wildman–Crippen MR) is 87.6 cm³/mol. The maximum atomic E-state index is 14.3. The fourth-order valence-corrected chi connectivity index (χ4v) is 5.02. The first kappa shape index (κ1) is 18.0. The first-order valence-corrected chi connectivity index (χ1v) is 9.37. The van der Waals surface area contributed by atoms with Crippen molar-refractivity contribution in [1.82, 2.24) is 9.88 Å². The van der Waals surface area contributed by atoms with Crippen LogP contribution in [-0.2, 0) is 15.4 Å². The average molecular weight is 370 g/mol. The lowest BCUT2D eigenvalue weighted by molar-refractivity contribution is 0.390. The van der Waals surface area contributed by atoms with Gasteiger partial charge in [0.2, 0.25) is 10.0 Å². The van der Waals surface area contributed by atoms with Crippen LogP contribution < -0.4 is 4.72 Å². The lowest BCUT2D eigenvalue weighted by Gasteiger charge is -2.22. The van der Waals surface area contributed by atoms with E-state index in [0.29, 0.717) is 12.0 Å². The minimum Gasteiger partial charge on any atom is -0.360 e. The van der Waals surface area contributed by atoms with Gasteiger partial charge in [-0.1, -0.05) is 25.1 Å². The number of hydrogen-bond acceptors (Lipinski definition) is 4. The Hall–Kier alpha value is -1.80. The highest BCUT2D eigenvalue weighted by atomic mass is 32.2. The normalized spacial score (nSPS) is 22.2. The Bertz CT molecular complexity index is 918. The Balaban J connectivity index is 1.92. The van der Waals surface area contributed by atoms with Gasteiger partial charge in [0.1, 0.15) is 22.2 Å². The van der Waals surface area contributed by atoms with Crippen LogP contribution in [0.3, 0.4) is 0 Å². The second-order valence-electron chi connectivity index (χ2n) is 7.24. The van der Waals surface area contributed by atoms with Crippen LogP contribution in [0.15, 0.2) is 27.6 Å². The first-order valence-electron chi connectivity index (χ1n) is 7.88. The maximum Gasteiger partial charge on any atom is 0.245 e. The van der Waals surface area contributed by atoms with Gasteiger partial charge in [-0.05, 0) is 37.3 Å². The standard InChI is InChI=1S/C17H20F2N2O3S/c1-10-15(11(2)24-21-10)25(22,23)20-9-17(8-16(17,3)4)13-6-5-12(18)7-14(13)19/h5-7,20H,8-9H2,1-4H3. The molecule has 136 valence electrons. The second kappa shape index (κ2) is 5.60. The molecule has 0 bridgehead atoms. The van der Waals surface area contributed by atoms with Crippen molar-refractivity contribution in [3.05, 3.63) is 46.9 Å². The summed E-state index contributed by atoms with van der Waals surface area (Å²) in [5.74, 6) is -1.13. The minimum absolute atomic E-state index is 0.000634. The summed E-state index contributed by atoms with van der Waals surface area (Å²) in [6.07, 6.45) is 0.590. The molecule has 2 aromatic rings. The molecular formula is C17H20F2N2O3S. The summed E-state index contributed by atoms with van der Waals surface area (Å²) in [5, 5.41) is 3.66. The number of halogens is 2. The molecule has 1 heterocycles. The molecular weight excluding hydrogens is 350 g/mol. The van der Waals surface area contributed by atoms with Crippen molar-refractivity contribution in [1.29, 1.82) is 0 Å². The largest absolute Gasteiger partial charge is 0.360 e. The predicted octanol–water partition coefficient (Wildman–Crippen LogP) is 3.22. The molecule has 0 radical (unpaired) electrons. The Labute approximate surface area is 145 Å². The van der Waals surface area contributed by atoms with Gasteiger partial charge in [0, 0.05) is 18.0 Å². The SMILES string of the molecule is Cc1noc(C)c1S(=O)(=O)NCC1(c2ccc(F)cc2F)CC1(C)C. The summed E-state index contributed by atoms with van der Waals surface area (Å²) < 4.78 is 60.3. The zero-order valence-electron chi connectivity index (χ0n) is 14.5. The lowest BCUT2D eigenvalue weighted by Crippen LogP contribution is -2.35. The molecule has 0 aliphatic heterocycles. The van der Waals surface area contributed by atoms with Gasteiger partial charge in [0.15, 0.2) is 5.76 Å². The Morgan fingerprint density at radius 1 is 1.28 bits per heavy atom. The van der Waals surface area contributed by atoms with Crippen molar-refractivity contribution in [2.24, 2.45) is 5.41 Å². The third-order valence-corrected chi connectivity index (χ3v) is 6.81. The van der Waals surface area contributed by atoms with Gasteiger partial charge in [-0.3, -0.25) is 0 Å². The number of benzene rings is 1. The molecule has 8 heteroatoms. The average Bonchev–Trinajstić information content (AvgIpc) is 2.87. The third-order valence-electron chi connectivity index (χ3n) is 5.16. The molecule has 1 aromatic carbocycles. The van der Waals surface area contributed by atoms with Gasteiger partial charge in [0.05, 0.1) is 0 Å². The molecule has 1 aromatic heterocycles. The number of nitrogens with zero attached hydrogens (tertiary/aromatic N) is 1.